The lowest BCUT2D eigenvalue weighted by Crippen LogP contribution is -2.65. The van der Waals surface area contributed by atoms with Crippen molar-refractivity contribution in [3.05, 3.63) is 29.3 Å². The number of likely N-dealkylation sites (tertiary alicyclic amines) is 1. The van der Waals surface area contributed by atoms with Gasteiger partial charge in [-0.1, -0.05) is 19.9 Å². The van der Waals surface area contributed by atoms with Crippen molar-refractivity contribution in [1.82, 2.24) is 4.90 Å². The van der Waals surface area contributed by atoms with Gasteiger partial charge >= 0.3 is 0 Å². The van der Waals surface area contributed by atoms with Crippen LogP contribution in [-0.2, 0) is 11.8 Å². The molecule has 26 heavy (non-hydrogen) atoms. The van der Waals surface area contributed by atoms with Crippen LogP contribution in [0, 0.1) is 11.3 Å². The third kappa shape index (κ3) is 2.97. The first-order valence-corrected chi connectivity index (χ1v) is 10.4. The van der Waals surface area contributed by atoms with E-state index in [1.165, 1.54) is 30.5 Å². The molecule has 0 amide bonds. The van der Waals surface area contributed by atoms with Crippen LogP contribution in [0.15, 0.2) is 18.2 Å². The normalized spacial score (nSPS) is 34.6. The molecule has 3 aliphatic rings. The predicted molar refractivity (Wildman–Crippen MR) is 106 cm³/mol. The zero-order valence-electron chi connectivity index (χ0n) is 16.9. The molecule has 0 spiro atoms. The van der Waals surface area contributed by atoms with Gasteiger partial charge in [-0.2, -0.15) is 0 Å². The number of hydrogen-bond acceptors (Lipinski definition) is 3. The Balaban J connectivity index is 1.75. The lowest BCUT2D eigenvalue weighted by Gasteiger charge is -2.63. The Bertz CT molecular complexity index is 690. The average molecular weight is 358 g/mol. The molecule has 1 saturated carbocycles. The molecule has 0 unspecified atom stereocenters. The van der Waals surface area contributed by atoms with Crippen LogP contribution in [0.25, 0.3) is 0 Å². The molecule has 0 radical (unpaired) electrons. The van der Waals surface area contributed by atoms with E-state index in [4.69, 9.17) is 0 Å². The number of nitrogens with zero attached hydrogens (tertiary/aromatic N) is 1. The van der Waals surface area contributed by atoms with Gasteiger partial charge in [-0.3, -0.25) is 4.90 Å². The van der Waals surface area contributed by atoms with Crippen molar-refractivity contribution >= 4 is 0 Å². The lowest BCUT2D eigenvalue weighted by atomic mass is 9.48. The van der Waals surface area contributed by atoms with Gasteiger partial charge in [0.05, 0.1) is 5.60 Å². The molecular formula is C23H35NO2. The number of rotatable bonds is 5. The van der Waals surface area contributed by atoms with Gasteiger partial charge in [-0.05, 0) is 93.5 Å². The van der Waals surface area contributed by atoms with Gasteiger partial charge in [-0.25, -0.2) is 0 Å². The minimum absolute atomic E-state index is 0.0509. The number of fused-ring (bicyclic) bond motifs is 4. The first-order chi connectivity index (χ1) is 12.1. The first kappa shape index (κ1) is 18.3. The Morgan fingerprint density at radius 3 is 2.62 bits per heavy atom. The van der Waals surface area contributed by atoms with Crippen LogP contribution < -0.4 is 0 Å². The maximum absolute atomic E-state index is 10.4. The van der Waals surface area contributed by atoms with Crippen molar-refractivity contribution in [3.8, 4) is 5.75 Å². The molecule has 1 aromatic carbocycles. The second-order valence-electron chi connectivity index (χ2n) is 10.3. The number of piperidine rings is 1. The smallest absolute Gasteiger partial charge is 0.115 e. The summed E-state index contributed by atoms with van der Waals surface area (Å²) in [6.07, 6.45) is 6.83. The van der Waals surface area contributed by atoms with Crippen molar-refractivity contribution in [1.29, 1.82) is 0 Å². The Hall–Kier alpha value is -1.06. The van der Waals surface area contributed by atoms with Gasteiger partial charge in [0.1, 0.15) is 5.75 Å². The molecule has 1 heterocycles. The van der Waals surface area contributed by atoms with Crippen LogP contribution in [0.1, 0.15) is 70.9 Å². The van der Waals surface area contributed by atoms with E-state index in [2.05, 4.69) is 24.8 Å². The van der Waals surface area contributed by atoms with E-state index in [-0.39, 0.29) is 10.8 Å². The molecule has 4 rings (SSSR count). The molecule has 1 aromatic rings. The molecule has 0 aromatic heterocycles. The third-order valence-electron chi connectivity index (χ3n) is 7.88. The Labute approximate surface area is 158 Å². The van der Waals surface area contributed by atoms with Gasteiger partial charge < -0.3 is 10.2 Å². The molecule has 3 nitrogen and oxygen atoms in total. The second-order valence-corrected chi connectivity index (χ2v) is 10.3. The number of aromatic hydroxyl groups is 1. The Morgan fingerprint density at radius 1 is 1.23 bits per heavy atom. The Morgan fingerprint density at radius 2 is 1.96 bits per heavy atom. The second kappa shape index (κ2) is 5.97. The third-order valence-corrected chi connectivity index (χ3v) is 7.88. The monoisotopic (exact) mass is 357 g/mol. The van der Waals surface area contributed by atoms with Crippen molar-refractivity contribution in [3.63, 3.8) is 0 Å². The summed E-state index contributed by atoms with van der Waals surface area (Å²) in [6, 6.07) is 6.54. The van der Waals surface area contributed by atoms with Crippen LogP contribution in [0.2, 0.25) is 0 Å². The molecule has 2 N–H and O–H groups in total. The molecule has 2 aliphatic carbocycles. The van der Waals surface area contributed by atoms with E-state index in [9.17, 15) is 10.2 Å². The highest BCUT2D eigenvalue weighted by molar-refractivity contribution is 5.46. The summed E-state index contributed by atoms with van der Waals surface area (Å²) in [7, 11) is 0. The number of benzene rings is 1. The summed E-state index contributed by atoms with van der Waals surface area (Å²) in [6.45, 7) is 11.1. The van der Waals surface area contributed by atoms with Gasteiger partial charge in [0.25, 0.3) is 0 Å². The molecule has 3 heteroatoms. The highest BCUT2D eigenvalue weighted by Crippen LogP contribution is 2.59. The van der Waals surface area contributed by atoms with Crippen molar-refractivity contribution < 1.29 is 10.2 Å². The fourth-order valence-corrected chi connectivity index (χ4v) is 5.70. The van der Waals surface area contributed by atoms with E-state index >= 15 is 0 Å². The Kier molecular flexibility index (Phi) is 4.20. The summed E-state index contributed by atoms with van der Waals surface area (Å²) in [4.78, 5) is 2.76. The fourth-order valence-electron chi connectivity index (χ4n) is 5.70. The molecule has 144 valence electrons. The summed E-state index contributed by atoms with van der Waals surface area (Å²) in [5.41, 5.74) is 2.29. The zero-order valence-corrected chi connectivity index (χ0v) is 16.9. The standard InChI is InChI=1S/C23H35NO2/c1-21(2,26)9-10-23(4)20-13-17-7-8-18(25)14-19(17)22(23,3)11-12-24(20)15-16-5-6-16/h7-8,14,16,20,25-26H,5-6,9-13,15H2,1-4H3/t20-,22-,23-/m1/s1. The molecule has 2 fully saturated rings. The van der Waals surface area contributed by atoms with Crippen LogP contribution in [0.4, 0.5) is 0 Å². The van der Waals surface area contributed by atoms with Crippen molar-refractivity contribution in [2.45, 2.75) is 83.3 Å². The topological polar surface area (TPSA) is 43.7 Å². The molecule has 3 atom stereocenters. The minimum atomic E-state index is -0.631. The maximum Gasteiger partial charge on any atom is 0.115 e. The van der Waals surface area contributed by atoms with Crippen molar-refractivity contribution in [2.24, 2.45) is 11.3 Å². The van der Waals surface area contributed by atoms with E-state index in [1.807, 2.05) is 26.0 Å². The van der Waals surface area contributed by atoms with E-state index in [0.717, 1.165) is 38.1 Å². The predicted octanol–water partition coefficient (Wildman–Crippen LogP) is 4.25. The summed E-state index contributed by atoms with van der Waals surface area (Å²) in [5, 5.41) is 20.6. The van der Waals surface area contributed by atoms with E-state index in [1.54, 1.807) is 0 Å². The van der Waals surface area contributed by atoms with Crippen LogP contribution in [0.3, 0.4) is 0 Å². The summed E-state index contributed by atoms with van der Waals surface area (Å²) < 4.78 is 0. The molecular weight excluding hydrogens is 322 g/mol. The maximum atomic E-state index is 10.4. The summed E-state index contributed by atoms with van der Waals surface area (Å²) in [5.74, 6) is 1.28. The highest BCUT2D eigenvalue weighted by atomic mass is 16.3. The molecule has 2 bridgehead atoms. The van der Waals surface area contributed by atoms with Crippen LogP contribution in [-0.4, -0.2) is 39.8 Å². The van der Waals surface area contributed by atoms with Gasteiger partial charge in [0, 0.05) is 18.0 Å². The van der Waals surface area contributed by atoms with Gasteiger partial charge in [-0.15, -0.1) is 0 Å². The largest absolute Gasteiger partial charge is 0.508 e. The SMILES string of the molecule is CC(C)(O)CC[C@]1(C)[C@H]2Cc3ccc(O)cc3[C@@]1(C)CCN2CC1CC1. The average Bonchev–Trinajstić information content (AvgIpc) is 3.36. The van der Waals surface area contributed by atoms with Crippen LogP contribution >= 0.6 is 0 Å². The number of hydrogen-bond donors (Lipinski definition) is 2. The number of phenolic OH excluding ortho intramolecular Hbond substituents is 1. The minimum Gasteiger partial charge on any atom is -0.508 e. The fraction of sp³-hybridized carbons (Fsp3) is 0.739. The van der Waals surface area contributed by atoms with E-state index < -0.39 is 5.60 Å². The molecule has 1 aliphatic heterocycles. The zero-order chi connectivity index (χ0) is 18.7. The van der Waals surface area contributed by atoms with Gasteiger partial charge in [0.15, 0.2) is 0 Å². The summed E-state index contributed by atoms with van der Waals surface area (Å²) >= 11 is 0. The van der Waals surface area contributed by atoms with Gasteiger partial charge in [0.2, 0.25) is 0 Å². The first-order valence-electron chi connectivity index (χ1n) is 10.4. The van der Waals surface area contributed by atoms with Crippen LogP contribution in [0.5, 0.6) is 5.75 Å². The molecule has 1 saturated heterocycles. The highest BCUT2D eigenvalue weighted by Gasteiger charge is 2.58. The van der Waals surface area contributed by atoms with E-state index in [0.29, 0.717) is 11.8 Å². The van der Waals surface area contributed by atoms with Crippen molar-refractivity contribution in [2.75, 3.05) is 13.1 Å². The number of phenols is 1. The quantitative estimate of drug-likeness (QED) is 0.828. The lowest BCUT2D eigenvalue weighted by molar-refractivity contribution is -0.0698. The number of aliphatic hydroxyl groups is 1.